The molecule has 1 unspecified atom stereocenters. The smallest absolute Gasteiger partial charge is 0.220 e. The van der Waals surface area contributed by atoms with Gasteiger partial charge in [-0.25, -0.2) is 0 Å². The van der Waals surface area contributed by atoms with Gasteiger partial charge >= 0.3 is 0 Å². The first-order valence-corrected chi connectivity index (χ1v) is 7.10. The molecule has 6 heteroatoms. The summed E-state index contributed by atoms with van der Waals surface area (Å²) in [7, 11) is 1.88. The van der Waals surface area contributed by atoms with Gasteiger partial charge in [0.1, 0.15) is 0 Å². The average Bonchev–Trinajstić information content (AvgIpc) is 2.83. The van der Waals surface area contributed by atoms with Crippen LogP contribution in [0, 0.1) is 11.8 Å². The number of nitrogens with zero attached hydrogens (tertiary/aromatic N) is 2. The Labute approximate surface area is 126 Å². The maximum absolute atomic E-state index is 11.9. The number of nitrogens with one attached hydrogen (secondary N) is 2. The number of aryl methyl sites for hydroxylation is 1. The molecular weight excluding hydrogens is 276 g/mol. The molecular formula is C14H25ClN4O. The SMILES string of the molecule is CC(CC(=O)NCc1cnn(C)c1)C1CCNCC1.Cl. The number of piperidine rings is 1. The highest BCUT2D eigenvalue weighted by Crippen LogP contribution is 2.24. The van der Waals surface area contributed by atoms with Crippen molar-refractivity contribution in [3.05, 3.63) is 18.0 Å². The Morgan fingerprint density at radius 1 is 1.55 bits per heavy atom. The van der Waals surface area contributed by atoms with Gasteiger partial charge in [0.05, 0.1) is 6.20 Å². The van der Waals surface area contributed by atoms with Crippen molar-refractivity contribution in [1.82, 2.24) is 20.4 Å². The van der Waals surface area contributed by atoms with Crippen molar-refractivity contribution >= 4 is 18.3 Å². The van der Waals surface area contributed by atoms with E-state index in [2.05, 4.69) is 22.7 Å². The van der Waals surface area contributed by atoms with E-state index >= 15 is 0 Å². The molecule has 1 atom stereocenters. The normalized spacial score (nSPS) is 17.3. The second-order valence-corrected chi connectivity index (χ2v) is 5.57. The fourth-order valence-corrected chi connectivity index (χ4v) is 2.71. The fraction of sp³-hybridized carbons (Fsp3) is 0.714. The molecule has 0 aliphatic carbocycles. The summed E-state index contributed by atoms with van der Waals surface area (Å²) in [6.07, 6.45) is 6.73. The van der Waals surface area contributed by atoms with Crippen LogP contribution in [0.5, 0.6) is 0 Å². The van der Waals surface area contributed by atoms with Crippen molar-refractivity contribution < 1.29 is 4.79 Å². The summed E-state index contributed by atoms with van der Waals surface area (Å²) in [4.78, 5) is 11.9. The molecule has 0 bridgehead atoms. The Bertz CT molecular complexity index is 415. The first kappa shape index (κ1) is 17.0. The van der Waals surface area contributed by atoms with Gasteiger partial charge < -0.3 is 10.6 Å². The van der Waals surface area contributed by atoms with E-state index in [0.717, 1.165) is 18.7 Å². The molecule has 20 heavy (non-hydrogen) atoms. The van der Waals surface area contributed by atoms with Gasteiger partial charge in [-0.1, -0.05) is 6.92 Å². The van der Waals surface area contributed by atoms with Crippen LogP contribution in [-0.4, -0.2) is 28.8 Å². The maximum Gasteiger partial charge on any atom is 0.220 e. The lowest BCUT2D eigenvalue weighted by atomic mass is 9.84. The molecule has 0 saturated carbocycles. The van der Waals surface area contributed by atoms with Crippen LogP contribution in [0.15, 0.2) is 12.4 Å². The van der Waals surface area contributed by atoms with Crippen molar-refractivity contribution in [2.24, 2.45) is 18.9 Å². The Morgan fingerprint density at radius 2 is 2.25 bits per heavy atom. The van der Waals surface area contributed by atoms with Crippen LogP contribution in [0.25, 0.3) is 0 Å². The third-order valence-electron chi connectivity index (χ3n) is 3.94. The molecule has 1 fully saturated rings. The van der Waals surface area contributed by atoms with Crippen LogP contribution >= 0.6 is 12.4 Å². The summed E-state index contributed by atoms with van der Waals surface area (Å²) in [5.41, 5.74) is 1.05. The minimum absolute atomic E-state index is 0. The largest absolute Gasteiger partial charge is 0.352 e. The monoisotopic (exact) mass is 300 g/mol. The topological polar surface area (TPSA) is 59.0 Å². The van der Waals surface area contributed by atoms with Gasteiger partial charge in [-0.15, -0.1) is 12.4 Å². The molecule has 2 N–H and O–H groups in total. The van der Waals surface area contributed by atoms with Gasteiger partial charge in [0, 0.05) is 31.8 Å². The summed E-state index contributed by atoms with van der Waals surface area (Å²) >= 11 is 0. The minimum Gasteiger partial charge on any atom is -0.352 e. The van der Waals surface area contributed by atoms with Crippen molar-refractivity contribution in [2.75, 3.05) is 13.1 Å². The van der Waals surface area contributed by atoms with Gasteiger partial charge in [0.2, 0.25) is 5.91 Å². The number of hydrogen-bond donors (Lipinski definition) is 2. The molecule has 1 saturated heterocycles. The molecule has 114 valence electrons. The van der Waals surface area contributed by atoms with Gasteiger partial charge in [-0.3, -0.25) is 9.48 Å². The second kappa shape index (κ2) is 8.27. The standard InChI is InChI=1S/C14H24N4O.ClH/c1-11(13-3-5-15-6-4-13)7-14(19)16-8-12-9-17-18(2)10-12;/h9-11,13,15H,3-8H2,1-2H3,(H,16,19);1H. The van der Waals surface area contributed by atoms with Gasteiger partial charge in [-0.2, -0.15) is 5.10 Å². The lowest BCUT2D eigenvalue weighted by molar-refractivity contribution is -0.122. The van der Waals surface area contributed by atoms with Crippen molar-refractivity contribution in [2.45, 2.75) is 32.7 Å². The zero-order valence-electron chi connectivity index (χ0n) is 12.3. The Hall–Kier alpha value is -1.07. The molecule has 1 aromatic rings. The summed E-state index contributed by atoms with van der Waals surface area (Å²) in [5, 5.41) is 10.4. The molecule has 2 rings (SSSR count). The number of halogens is 1. The molecule has 0 radical (unpaired) electrons. The molecule has 0 aromatic carbocycles. The molecule has 2 heterocycles. The van der Waals surface area contributed by atoms with E-state index in [1.165, 1.54) is 12.8 Å². The number of aromatic nitrogens is 2. The third kappa shape index (κ3) is 5.13. The molecule has 1 aliphatic rings. The molecule has 0 spiro atoms. The van der Waals surface area contributed by atoms with Crippen molar-refractivity contribution in [3.63, 3.8) is 0 Å². The van der Waals surface area contributed by atoms with Crippen LogP contribution in [0.1, 0.15) is 31.7 Å². The summed E-state index contributed by atoms with van der Waals surface area (Å²) in [6, 6.07) is 0. The predicted octanol–water partition coefficient (Wildman–Crippen LogP) is 1.48. The third-order valence-corrected chi connectivity index (χ3v) is 3.94. The van der Waals surface area contributed by atoms with E-state index in [4.69, 9.17) is 0 Å². The predicted molar refractivity (Wildman–Crippen MR) is 81.7 cm³/mol. The average molecular weight is 301 g/mol. The summed E-state index contributed by atoms with van der Waals surface area (Å²) < 4.78 is 1.75. The summed E-state index contributed by atoms with van der Waals surface area (Å²) in [6.45, 7) is 4.95. The number of carbonyl (C=O) groups excluding carboxylic acids is 1. The van der Waals surface area contributed by atoms with Crippen LogP contribution in [0.3, 0.4) is 0 Å². The fourth-order valence-electron chi connectivity index (χ4n) is 2.71. The quantitative estimate of drug-likeness (QED) is 0.866. The molecule has 5 nitrogen and oxygen atoms in total. The highest BCUT2D eigenvalue weighted by Gasteiger charge is 2.21. The van der Waals surface area contributed by atoms with Crippen LogP contribution < -0.4 is 10.6 Å². The summed E-state index contributed by atoms with van der Waals surface area (Å²) in [5.74, 6) is 1.30. The minimum atomic E-state index is 0. The van der Waals surface area contributed by atoms with E-state index < -0.39 is 0 Å². The highest BCUT2D eigenvalue weighted by atomic mass is 35.5. The van der Waals surface area contributed by atoms with Crippen LogP contribution in [-0.2, 0) is 18.4 Å². The highest BCUT2D eigenvalue weighted by molar-refractivity contribution is 5.85. The first-order valence-electron chi connectivity index (χ1n) is 7.10. The van der Waals surface area contributed by atoms with Crippen molar-refractivity contribution in [3.8, 4) is 0 Å². The Morgan fingerprint density at radius 3 is 2.85 bits per heavy atom. The number of rotatable bonds is 5. The lowest BCUT2D eigenvalue weighted by Crippen LogP contribution is -2.33. The first-order chi connectivity index (χ1) is 9.15. The molecule has 1 aromatic heterocycles. The lowest BCUT2D eigenvalue weighted by Gasteiger charge is -2.27. The Balaban J connectivity index is 0.00000200. The number of carbonyl (C=O) groups is 1. The van der Waals surface area contributed by atoms with Gasteiger partial charge in [0.25, 0.3) is 0 Å². The van der Waals surface area contributed by atoms with E-state index in [0.29, 0.717) is 24.8 Å². The van der Waals surface area contributed by atoms with Crippen LogP contribution in [0.4, 0.5) is 0 Å². The molecule has 1 aliphatic heterocycles. The second-order valence-electron chi connectivity index (χ2n) is 5.57. The van der Waals surface area contributed by atoms with Gasteiger partial charge in [0.15, 0.2) is 0 Å². The number of amides is 1. The van der Waals surface area contributed by atoms with E-state index in [1.807, 2.05) is 13.2 Å². The van der Waals surface area contributed by atoms with E-state index in [9.17, 15) is 4.79 Å². The number of hydrogen-bond acceptors (Lipinski definition) is 3. The van der Waals surface area contributed by atoms with E-state index in [1.54, 1.807) is 10.9 Å². The Kier molecular flexibility index (Phi) is 7.02. The zero-order valence-corrected chi connectivity index (χ0v) is 13.1. The molecule has 1 amide bonds. The van der Waals surface area contributed by atoms with Crippen molar-refractivity contribution in [1.29, 1.82) is 0 Å². The van der Waals surface area contributed by atoms with E-state index in [-0.39, 0.29) is 18.3 Å². The van der Waals surface area contributed by atoms with Crippen LogP contribution in [0.2, 0.25) is 0 Å². The van der Waals surface area contributed by atoms with Gasteiger partial charge in [-0.05, 0) is 37.8 Å². The zero-order chi connectivity index (χ0) is 13.7. The maximum atomic E-state index is 11.9.